The van der Waals surface area contributed by atoms with Gasteiger partial charge in [0.25, 0.3) is 0 Å². The lowest BCUT2D eigenvalue weighted by Gasteiger charge is -2.18. The van der Waals surface area contributed by atoms with E-state index in [2.05, 4.69) is 390 Å². The summed E-state index contributed by atoms with van der Waals surface area (Å²) >= 11 is 0. The fourth-order valence-corrected chi connectivity index (χ4v) is 9.38. The average Bonchev–Trinajstić information content (AvgIpc) is 1.80. The maximum Gasteiger partial charge on any atom is 0.133 e. The van der Waals surface area contributed by atoms with Crippen LogP contribution in [0.2, 0.25) is 0 Å². The number of H-pyrrole nitrogens is 1. The molecule has 0 bridgehead atoms. The van der Waals surface area contributed by atoms with Crippen molar-refractivity contribution in [3.05, 3.63) is 247 Å². The Balaban J connectivity index is 0.000000627. The SMILES string of the molecule is CC(C)(C)C1=CN=CC1.CC(C)(C)C1=NC=CC1.CC(C)(C)C1=NC=NC1.CC(C)(C)C1=NN=CC1.CC(C)(C)c1ccccc1.CC(C)(C)c1ccccn1.CC(C)(C)c1ccccn1.CC(C)(C)c1ccccn1.CC(C)(C)c1cccnc1.CC(C)(C)c1cccnn1.CC(C)(C)c1ncc[nH]1.CC(C)(C)c1ncccn1. The van der Waals surface area contributed by atoms with Gasteiger partial charge in [-0.25, -0.2) is 19.9 Å². The second-order valence-corrected chi connectivity index (χ2v) is 40.8. The van der Waals surface area contributed by atoms with E-state index in [0.717, 1.165) is 60.2 Å². The quantitative estimate of drug-likeness (QED) is 0.153. The highest BCUT2D eigenvalue weighted by Gasteiger charge is 2.24. The van der Waals surface area contributed by atoms with Crippen molar-refractivity contribution in [3.63, 3.8) is 0 Å². The normalized spacial score (nSPS) is 13.7. The maximum absolute atomic E-state index is 4.25. The Kier molecular flexibility index (Phi) is 43.0. The first-order chi connectivity index (χ1) is 52.8. The summed E-state index contributed by atoms with van der Waals surface area (Å²) in [6.07, 6.45) is 32.5. The van der Waals surface area contributed by atoms with Crippen LogP contribution >= 0.6 is 0 Å². The fraction of sp³-hybridized carbons (Fsp3) is 0.525. The number of aromatic amines is 1. The number of nitrogens with zero attached hydrogens (tertiary/aromatic N) is 15. The Labute approximate surface area is 699 Å². The van der Waals surface area contributed by atoms with Crippen LogP contribution in [-0.2, 0) is 43.3 Å². The van der Waals surface area contributed by atoms with Crippen LogP contribution < -0.4 is 0 Å². The van der Waals surface area contributed by atoms with Crippen LogP contribution in [0.1, 0.15) is 314 Å². The molecule has 8 aromatic rings. The van der Waals surface area contributed by atoms with Gasteiger partial charge in [-0.3, -0.25) is 34.9 Å². The van der Waals surface area contributed by atoms with Crippen molar-refractivity contribution in [2.45, 2.75) is 312 Å². The Hall–Kier alpha value is -9.31. The lowest BCUT2D eigenvalue weighted by Crippen LogP contribution is -2.20. The van der Waals surface area contributed by atoms with Gasteiger partial charge in [-0.15, -0.1) is 0 Å². The number of hydrogen-bond acceptors (Lipinski definition) is 15. The highest BCUT2D eigenvalue weighted by Crippen LogP contribution is 2.30. The molecule has 0 saturated heterocycles. The Morgan fingerprint density at radius 1 is 0.322 bits per heavy atom. The van der Waals surface area contributed by atoms with E-state index in [9.17, 15) is 0 Å². The van der Waals surface area contributed by atoms with E-state index in [4.69, 9.17) is 0 Å². The molecule has 0 amide bonds. The minimum absolute atomic E-state index is 0.0707. The summed E-state index contributed by atoms with van der Waals surface area (Å²) in [5.41, 5.74) is 14.7. The van der Waals surface area contributed by atoms with Gasteiger partial charge in [-0.2, -0.15) is 20.4 Å². The molecule has 0 spiro atoms. The Morgan fingerprint density at radius 2 is 0.774 bits per heavy atom. The van der Waals surface area contributed by atoms with Crippen molar-refractivity contribution in [2.24, 2.45) is 51.8 Å². The minimum atomic E-state index is 0.0707. The van der Waals surface area contributed by atoms with Gasteiger partial charge in [-0.05, 0) is 93.6 Å². The lowest BCUT2D eigenvalue weighted by atomic mass is 9.86. The first kappa shape index (κ1) is 104. The van der Waals surface area contributed by atoms with Gasteiger partial charge in [0.2, 0.25) is 0 Å². The molecule has 4 aliphatic rings. The zero-order chi connectivity index (χ0) is 87.8. The maximum atomic E-state index is 4.25. The van der Waals surface area contributed by atoms with Crippen molar-refractivity contribution in [2.75, 3.05) is 6.54 Å². The van der Waals surface area contributed by atoms with Crippen LogP contribution in [0.15, 0.2) is 231 Å². The molecule has 12 rings (SSSR count). The highest BCUT2D eigenvalue weighted by atomic mass is 15.2. The van der Waals surface area contributed by atoms with Gasteiger partial charge >= 0.3 is 0 Å². The Morgan fingerprint density at radius 3 is 0.991 bits per heavy atom. The molecule has 1 N–H and O–H groups in total. The predicted octanol–water partition coefficient (Wildman–Crippen LogP) is 25.9. The smallest absolute Gasteiger partial charge is 0.133 e. The van der Waals surface area contributed by atoms with Crippen LogP contribution in [0, 0.1) is 21.7 Å². The molecule has 0 fully saturated rings. The van der Waals surface area contributed by atoms with Crippen molar-refractivity contribution in [1.82, 2.24) is 50.1 Å². The summed E-state index contributed by atoms with van der Waals surface area (Å²) in [5.74, 6) is 1.94. The molecule has 0 radical (unpaired) electrons. The largest absolute Gasteiger partial charge is 0.348 e. The number of imidazole rings is 1. The van der Waals surface area contributed by atoms with E-state index in [1.54, 1.807) is 37.3 Å². The zero-order valence-electron chi connectivity index (χ0n) is 78.2. The van der Waals surface area contributed by atoms with Gasteiger partial charge in [-0.1, -0.05) is 310 Å². The van der Waals surface area contributed by atoms with Crippen LogP contribution in [0.3, 0.4) is 0 Å². The molecule has 4 aliphatic heterocycles. The number of rotatable bonds is 0. The van der Waals surface area contributed by atoms with Crippen molar-refractivity contribution >= 4 is 35.9 Å². The average molecular weight is 1570 g/mol. The summed E-state index contributed by atoms with van der Waals surface area (Å²) in [5, 5.41) is 15.6. The van der Waals surface area contributed by atoms with E-state index in [1.165, 1.54) is 33.8 Å². The molecule has 11 heterocycles. The van der Waals surface area contributed by atoms with E-state index in [-0.39, 0.29) is 54.1 Å². The topological polar surface area (TPSA) is 206 Å². The standard InChI is InChI=1S/C10H14.4C9H13N.2C8H12N2.2C8H13N.3C7H12N2/c1-10(2,3)9-7-5-4-6-8-9;1-9(2,3)8-5-4-6-10-7-8;3*1-9(2,3)8-6-4-5-7-10-8;1-8(2,3)7-9-5-4-6-10-7;1-8(2,3)7-5-4-6-9-10-7;1-8(2,3)7-4-5-9-6-7;1-8(2,3)7-5-4-6-9-7;1-7(2,3)6-4-8-5-9-6;1-7(2,3)6-8-4-5-9-6;1-7(2,3)6-4-5-8-9-6/h4-8H,1-3H3;4*4-7H,1-3H3;2*4-6H,1-3H3;5-6H,4H2,1-3H3;4,6H,5H2,1-3H3;5H,4H2,1-3H3;4-5H,1-3H3,(H,8,9);5H,4H2,1-3H3. The first-order valence-corrected chi connectivity index (χ1v) is 40.6. The van der Waals surface area contributed by atoms with E-state index >= 15 is 0 Å². The molecule has 0 atom stereocenters. The molecule has 16 heteroatoms. The summed E-state index contributed by atoms with van der Waals surface area (Å²) in [6, 6.07) is 38.4. The summed E-state index contributed by atoms with van der Waals surface area (Å²) in [4.78, 5) is 48.7. The van der Waals surface area contributed by atoms with E-state index < -0.39 is 0 Å². The fourth-order valence-electron chi connectivity index (χ4n) is 9.38. The van der Waals surface area contributed by atoms with Gasteiger partial charge in [0, 0.05) is 183 Å². The van der Waals surface area contributed by atoms with Gasteiger partial charge in [0.15, 0.2) is 0 Å². The molecule has 1 aromatic carbocycles. The number of aliphatic imine (C=N–C) groups is 4. The number of pyridine rings is 4. The second kappa shape index (κ2) is 47.7. The number of aromatic nitrogens is 10. The predicted molar refractivity (Wildman–Crippen MR) is 497 cm³/mol. The van der Waals surface area contributed by atoms with E-state index in [1.807, 2.05) is 116 Å². The molecule has 7 aromatic heterocycles. The second-order valence-electron chi connectivity index (χ2n) is 40.8. The summed E-state index contributed by atoms with van der Waals surface area (Å²) < 4.78 is 0. The third-order valence-electron chi connectivity index (χ3n) is 17.2. The lowest BCUT2D eigenvalue weighted by molar-refractivity contribution is 0.499. The number of hydrogen-bond donors (Lipinski definition) is 1. The zero-order valence-corrected chi connectivity index (χ0v) is 78.2. The molecule has 0 saturated carbocycles. The summed E-state index contributed by atoms with van der Waals surface area (Å²) in [6.45, 7) is 78.7. The van der Waals surface area contributed by atoms with Gasteiger partial charge < -0.3 is 4.98 Å². The number of benzene rings is 1. The third-order valence-corrected chi connectivity index (χ3v) is 17.2. The van der Waals surface area contributed by atoms with Crippen LogP contribution in [0.25, 0.3) is 0 Å². The third kappa shape index (κ3) is 46.7. The molecule has 0 aliphatic carbocycles. The Bertz CT molecular complexity index is 3500. The number of allylic oxidation sites excluding steroid dienone is 2. The van der Waals surface area contributed by atoms with Gasteiger partial charge in [0.1, 0.15) is 18.0 Å². The van der Waals surface area contributed by atoms with Crippen LogP contribution in [-0.4, -0.2) is 92.5 Å². The van der Waals surface area contributed by atoms with Gasteiger partial charge in [0.05, 0.1) is 18.0 Å². The molecule has 16 nitrogen and oxygen atoms in total. The molecule has 628 valence electrons. The monoisotopic (exact) mass is 1570 g/mol. The minimum Gasteiger partial charge on any atom is -0.348 e. The molecular weight excluding hydrogens is 1410 g/mol. The first-order valence-electron chi connectivity index (χ1n) is 40.6. The molecular formula is C99H152N16. The molecule has 0 unspecified atom stereocenters. The van der Waals surface area contributed by atoms with Crippen LogP contribution in [0.5, 0.6) is 0 Å². The van der Waals surface area contributed by atoms with Crippen LogP contribution in [0.4, 0.5) is 0 Å². The highest BCUT2D eigenvalue weighted by molar-refractivity contribution is 6.01. The van der Waals surface area contributed by atoms with Crippen molar-refractivity contribution in [1.29, 1.82) is 0 Å². The van der Waals surface area contributed by atoms with E-state index in [0.29, 0.717) is 10.8 Å². The number of nitrogens with one attached hydrogen (secondary N) is 1. The summed E-state index contributed by atoms with van der Waals surface area (Å²) in [7, 11) is 0. The van der Waals surface area contributed by atoms with Crippen molar-refractivity contribution < 1.29 is 0 Å². The van der Waals surface area contributed by atoms with Crippen molar-refractivity contribution in [3.8, 4) is 0 Å². The molecule has 115 heavy (non-hydrogen) atoms.